The molecule has 0 aliphatic heterocycles. The van der Waals surface area contributed by atoms with Gasteiger partial charge in [0.2, 0.25) is 0 Å². The third-order valence-electron chi connectivity index (χ3n) is 2.21. The maximum Gasteiger partial charge on any atom is 0.189 e. The number of aromatic amines is 1. The number of pyridine rings is 1. The van der Waals surface area contributed by atoms with E-state index in [1.54, 1.807) is 6.20 Å². The van der Waals surface area contributed by atoms with E-state index in [1.165, 1.54) is 6.07 Å². The number of hydrogen-bond donors (Lipinski definition) is 1. The summed E-state index contributed by atoms with van der Waals surface area (Å²) in [7, 11) is 0. The van der Waals surface area contributed by atoms with Gasteiger partial charge in [-0.05, 0) is 18.2 Å². The monoisotopic (exact) mass is 275 g/mol. The number of benzene rings is 1. The fourth-order valence-corrected chi connectivity index (χ4v) is 1.66. The zero-order valence-corrected chi connectivity index (χ0v) is 10.2. The highest BCUT2D eigenvalue weighted by atomic mass is 79.9. The normalized spacial score (nSPS) is 9.81. The molecule has 1 aromatic carbocycles. The molecule has 1 aromatic heterocycles. The van der Waals surface area contributed by atoms with Crippen molar-refractivity contribution in [2.75, 3.05) is 5.33 Å². The molecule has 2 nitrogen and oxygen atoms in total. The average Bonchev–Trinajstić information content (AvgIpc) is 2.30. The second kappa shape index (κ2) is 5.00. The highest BCUT2D eigenvalue weighted by Crippen LogP contribution is 2.08. The Morgan fingerprint density at radius 1 is 1.31 bits per heavy atom. The summed E-state index contributed by atoms with van der Waals surface area (Å²) in [5.74, 6) is 6.06. The summed E-state index contributed by atoms with van der Waals surface area (Å²) >= 11 is 3.32. The minimum absolute atomic E-state index is 0.0258. The van der Waals surface area contributed by atoms with Crippen LogP contribution in [-0.4, -0.2) is 10.3 Å². The third-order valence-corrected chi connectivity index (χ3v) is 2.61. The third kappa shape index (κ3) is 2.34. The van der Waals surface area contributed by atoms with Crippen LogP contribution in [-0.2, 0) is 0 Å². The van der Waals surface area contributed by atoms with Crippen molar-refractivity contribution in [1.82, 2.24) is 4.98 Å². The van der Waals surface area contributed by atoms with Gasteiger partial charge in [0.25, 0.3) is 0 Å². The lowest BCUT2D eigenvalue weighted by molar-refractivity contribution is 1.32. The molecule has 0 saturated carbocycles. The predicted octanol–water partition coefficient (Wildman–Crippen LogP) is 2.66. The number of rotatable bonds is 1. The molecule has 0 bridgehead atoms. The molecular formula is C13H10BrNO. The van der Waals surface area contributed by atoms with Gasteiger partial charge < -0.3 is 4.98 Å². The predicted molar refractivity (Wildman–Crippen MR) is 69.9 cm³/mol. The highest BCUT2D eigenvalue weighted by Gasteiger charge is 1.97. The Bertz CT molecular complexity index is 619. The van der Waals surface area contributed by atoms with Crippen molar-refractivity contribution in [2.24, 2.45) is 0 Å². The Morgan fingerprint density at radius 3 is 3.00 bits per heavy atom. The van der Waals surface area contributed by atoms with Crippen molar-refractivity contribution < 1.29 is 0 Å². The zero-order valence-electron chi connectivity index (χ0n) is 8.59. The minimum atomic E-state index is 0.0258. The van der Waals surface area contributed by atoms with Gasteiger partial charge in [-0.3, -0.25) is 4.79 Å². The van der Waals surface area contributed by atoms with E-state index < -0.39 is 0 Å². The lowest BCUT2D eigenvalue weighted by atomic mass is 10.1. The second-order valence-electron chi connectivity index (χ2n) is 3.34. The molecule has 1 N–H and O–H groups in total. The van der Waals surface area contributed by atoms with Crippen molar-refractivity contribution in [2.45, 2.75) is 6.42 Å². The van der Waals surface area contributed by atoms with E-state index in [0.29, 0.717) is 5.39 Å². The lowest BCUT2D eigenvalue weighted by Crippen LogP contribution is -1.99. The first-order valence-electron chi connectivity index (χ1n) is 4.97. The topological polar surface area (TPSA) is 32.9 Å². The van der Waals surface area contributed by atoms with Crippen LogP contribution in [0.15, 0.2) is 35.3 Å². The molecule has 0 aliphatic carbocycles. The van der Waals surface area contributed by atoms with Crippen molar-refractivity contribution >= 4 is 26.8 Å². The van der Waals surface area contributed by atoms with E-state index in [-0.39, 0.29) is 5.43 Å². The second-order valence-corrected chi connectivity index (χ2v) is 4.14. The molecule has 0 aliphatic rings. The van der Waals surface area contributed by atoms with Crippen LogP contribution in [0.5, 0.6) is 0 Å². The van der Waals surface area contributed by atoms with Crippen molar-refractivity contribution in [1.29, 1.82) is 0 Å². The van der Waals surface area contributed by atoms with E-state index in [1.807, 2.05) is 18.2 Å². The van der Waals surface area contributed by atoms with Gasteiger partial charge in [-0.1, -0.05) is 27.8 Å². The number of nitrogens with one attached hydrogen (secondary N) is 1. The molecule has 0 unspecified atom stereocenters. The summed E-state index contributed by atoms with van der Waals surface area (Å²) in [6.07, 6.45) is 2.46. The smallest absolute Gasteiger partial charge is 0.189 e. The van der Waals surface area contributed by atoms with Gasteiger partial charge in [0.1, 0.15) is 0 Å². The Balaban J connectivity index is 2.49. The van der Waals surface area contributed by atoms with Crippen molar-refractivity contribution in [3.05, 3.63) is 46.2 Å². The molecule has 0 amide bonds. The SMILES string of the molecule is O=c1cc[nH]c2ccc(C#CCCBr)cc12. The van der Waals surface area contributed by atoms with Crippen LogP contribution in [0.4, 0.5) is 0 Å². The largest absolute Gasteiger partial charge is 0.361 e. The Hall–Kier alpha value is -1.53. The Morgan fingerprint density at radius 2 is 2.19 bits per heavy atom. The van der Waals surface area contributed by atoms with Crippen molar-refractivity contribution in [3.63, 3.8) is 0 Å². The van der Waals surface area contributed by atoms with Gasteiger partial charge in [0, 0.05) is 40.5 Å². The van der Waals surface area contributed by atoms with E-state index in [9.17, 15) is 4.79 Å². The standard InChI is InChI=1S/C13H10BrNO/c14-7-2-1-3-10-4-5-12-11(9-10)13(16)6-8-15-12/h4-6,8-9H,2,7H2,(H,15,16). The number of fused-ring (bicyclic) bond motifs is 1. The Kier molecular flexibility index (Phi) is 3.43. The number of aromatic nitrogens is 1. The molecule has 2 rings (SSSR count). The first-order valence-corrected chi connectivity index (χ1v) is 6.10. The van der Waals surface area contributed by atoms with E-state index in [2.05, 4.69) is 32.8 Å². The summed E-state index contributed by atoms with van der Waals surface area (Å²) in [5, 5.41) is 1.56. The van der Waals surface area contributed by atoms with E-state index >= 15 is 0 Å². The van der Waals surface area contributed by atoms with Crippen LogP contribution in [0, 0.1) is 11.8 Å². The van der Waals surface area contributed by atoms with E-state index in [4.69, 9.17) is 0 Å². The van der Waals surface area contributed by atoms with Gasteiger partial charge in [0.05, 0.1) is 0 Å². The minimum Gasteiger partial charge on any atom is -0.361 e. The van der Waals surface area contributed by atoms with Crippen LogP contribution in [0.2, 0.25) is 0 Å². The first kappa shape index (κ1) is 11.0. The van der Waals surface area contributed by atoms with Gasteiger partial charge in [-0.25, -0.2) is 0 Å². The first-order chi connectivity index (χ1) is 7.81. The molecule has 16 heavy (non-hydrogen) atoms. The molecule has 0 radical (unpaired) electrons. The summed E-state index contributed by atoms with van der Waals surface area (Å²) in [5.41, 5.74) is 1.75. The summed E-state index contributed by atoms with van der Waals surface area (Å²) < 4.78 is 0. The van der Waals surface area contributed by atoms with Gasteiger partial charge in [0.15, 0.2) is 5.43 Å². The number of alkyl halides is 1. The summed E-state index contributed by atoms with van der Waals surface area (Å²) in [4.78, 5) is 14.6. The fourth-order valence-electron chi connectivity index (χ4n) is 1.46. The van der Waals surface area contributed by atoms with E-state index in [0.717, 1.165) is 22.8 Å². The molecule has 2 aromatic rings. The van der Waals surface area contributed by atoms with Crippen LogP contribution in [0.3, 0.4) is 0 Å². The maximum absolute atomic E-state index is 11.6. The molecule has 3 heteroatoms. The number of hydrogen-bond acceptors (Lipinski definition) is 1. The maximum atomic E-state index is 11.6. The Labute approximate surface area is 102 Å². The molecule has 1 heterocycles. The average molecular weight is 276 g/mol. The highest BCUT2D eigenvalue weighted by molar-refractivity contribution is 9.09. The zero-order chi connectivity index (χ0) is 11.4. The molecule has 0 atom stereocenters. The molecule has 0 spiro atoms. The van der Waals surface area contributed by atoms with Crippen LogP contribution in [0.1, 0.15) is 12.0 Å². The van der Waals surface area contributed by atoms with Gasteiger partial charge >= 0.3 is 0 Å². The fraction of sp³-hybridized carbons (Fsp3) is 0.154. The van der Waals surface area contributed by atoms with Gasteiger partial charge in [-0.2, -0.15) is 0 Å². The van der Waals surface area contributed by atoms with Crippen molar-refractivity contribution in [3.8, 4) is 11.8 Å². The van der Waals surface area contributed by atoms with Crippen LogP contribution < -0.4 is 5.43 Å². The quantitative estimate of drug-likeness (QED) is 0.630. The molecular weight excluding hydrogens is 266 g/mol. The molecule has 0 fully saturated rings. The molecule has 0 saturated heterocycles. The number of halogens is 1. The van der Waals surface area contributed by atoms with Crippen LogP contribution in [0.25, 0.3) is 10.9 Å². The van der Waals surface area contributed by atoms with Gasteiger partial charge in [-0.15, -0.1) is 0 Å². The molecule has 80 valence electrons. The number of H-pyrrole nitrogens is 1. The summed E-state index contributed by atoms with van der Waals surface area (Å²) in [6.45, 7) is 0. The lowest BCUT2D eigenvalue weighted by Gasteiger charge is -1.96. The summed E-state index contributed by atoms with van der Waals surface area (Å²) in [6, 6.07) is 7.15. The van der Waals surface area contributed by atoms with Crippen LogP contribution >= 0.6 is 15.9 Å².